The van der Waals surface area contributed by atoms with Crippen molar-refractivity contribution in [3.63, 3.8) is 0 Å². The first kappa shape index (κ1) is 12.8. The Morgan fingerprint density at radius 2 is 2.00 bits per heavy atom. The summed E-state index contributed by atoms with van der Waals surface area (Å²) in [6.07, 6.45) is 0. The van der Waals surface area contributed by atoms with Crippen molar-refractivity contribution < 1.29 is 18.1 Å². The van der Waals surface area contributed by atoms with Gasteiger partial charge in [-0.1, -0.05) is 12.1 Å². The Kier molecular flexibility index (Phi) is 5.11. The number of rotatable bonds is 5. The average Bonchev–Trinajstić information content (AvgIpc) is 2.21. The highest BCUT2D eigenvalue weighted by molar-refractivity contribution is 7.84. The molecule has 0 spiro atoms. The molecule has 3 nitrogen and oxygen atoms in total. The van der Waals surface area contributed by atoms with Crippen molar-refractivity contribution in [3.05, 3.63) is 35.6 Å². The second-order valence-electron chi connectivity index (χ2n) is 3.16. The minimum absolute atomic E-state index is 0.120. The van der Waals surface area contributed by atoms with Crippen LogP contribution in [-0.2, 0) is 26.1 Å². The summed E-state index contributed by atoms with van der Waals surface area (Å²) >= 11 is 0. The van der Waals surface area contributed by atoms with E-state index in [1.807, 2.05) is 0 Å². The second-order valence-corrected chi connectivity index (χ2v) is 4.62. The van der Waals surface area contributed by atoms with Gasteiger partial charge in [0.25, 0.3) is 0 Å². The Hall–Kier alpha value is -1.23. The van der Waals surface area contributed by atoms with Crippen LogP contribution in [0.2, 0.25) is 0 Å². The van der Waals surface area contributed by atoms with Gasteiger partial charge in [0.15, 0.2) is 0 Å². The molecule has 0 aromatic heterocycles. The van der Waals surface area contributed by atoms with Crippen LogP contribution < -0.4 is 0 Å². The fourth-order valence-electron chi connectivity index (χ4n) is 1.15. The maximum atomic E-state index is 12.6. The molecule has 1 atom stereocenters. The molecule has 0 aliphatic carbocycles. The maximum Gasteiger partial charge on any atom is 0.318 e. The van der Waals surface area contributed by atoms with Crippen LogP contribution >= 0.6 is 0 Å². The number of benzene rings is 1. The molecule has 0 amide bonds. The first-order valence-corrected chi connectivity index (χ1v) is 6.35. The smallest absolute Gasteiger partial charge is 0.318 e. The highest BCUT2D eigenvalue weighted by Gasteiger charge is 2.09. The summed E-state index contributed by atoms with van der Waals surface area (Å²) in [5.74, 6) is -0.688. The summed E-state index contributed by atoms with van der Waals surface area (Å²) in [4.78, 5) is 11.0. The molecule has 5 heteroatoms. The zero-order valence-electron chi connectivity index (χ0n) is 8.94. The third-order valence-corrected chi connectivity index (χ3v) is 3.04. The first-order chi connectivity index (χ1) is 7.61. The van der Waals surface area contributed by atoms with Gasteiger partial charge in [-0.25, -0.2) is 4.39 Å². The van der Waals surface area contributed by atoms with Crippen LogP contribution in [0.3, 0.4) is 0 Å². The third kappa shape index (κ3) is 4.53. The van der Waals surface area contributed by atoms with Gasteiger partial charge in [0.2, 0.25) is 0 Å². The van der Waals surface area contributed by atoms with Gasteiger partial charge in [0.05, 0.1) is 6.61 Å². The first-order valence-electron chi connectivity index (χ1n) is 4.87. The Balaban J connectivity index is 2.45. The second kappa shape index (κ2) is 6.37. The lowest BCUT2D eigenvalue weighted by atomic mass is 10.2. The Bertz CT molecular complexity index is 375. The zero-order valence-corrected chi connectivity index (χ0v) is 9.76. The van der Waals surface area contributed by atoms with Crippen LogP contribution in [0.1, 0.15) is 12.5 Å². The fraction of sp³-hybridized carbons (Fsp3) is 0.364. The van der Waals surface area contributed by atoms with E-state index in [9.17, 15) is 13.4 Å². The molecule has 1 rings (SSSR count). The summed E-state index contributed by atoms with van der Waals surface area (Å²) in [6.45, 7) is 1.98. The number of esters is 1. The standard InChI is InChI=1S/C11H13FO3S/c1-2-15-11(13)8-16(14)7-9-3-5-10(12)6-4-9/h3-6H,2,7-8H2,1H3. The molecule has 0 radical (unpaired) electrons. The molecule has 0 saturated heterocycles. The maximum absolute atomic E-state index is 12.6. The van der Waals surface area contributed by atoms with Gasteiger partial charge in [-0.3, -0.25) is 9.00 Å². The Morgan fingerprint density at radius 1 is 1.38 bits per heavy atom. The van der Waals surface area contributed by atoms with Gasteiger partial charge in [0.1, 0.15) is 11.6 Å². The zero-order chi connectivity index (χ0) is 12.0. The van der Waals surface area contributed by atoms with E-state index in [0.717, 1.165) is 5.56 Å². The van der Waals surface area contributed by atoms with Crippen LogP contribution in [-0.4, -0.2) is 22.5 Å². The monoisotopic (exact) mass is 244 g/mol. The number of ether oxygens (including phenoxy) is 1. The summed E-state index contributed by atoms with van der Waals surface area (Å²) in [7, 11) is -1.31. The third-order valence-electron chi connectivity index (χ3n) is 1.83. The highest BCUT2D eigenvalue weighted by atomic mass is 32.2. The number of hydrogen-bond acceptors (Lipinski definition) is 3. The van der Waals surface area contributed by atoms with Gasteiger partial charge in [-0.2, -0.15) is 0 Å². The molecule has 0 aliphatic heterocycles. The topological polar surface area (TPSA) is 43.4 Å². The van der Waals surface area contributed by atoms with E-state index in [2.05, 4.69) is 4.74 Å². The molecule has 0 fully saturated rings. The minimum Gasteiger partial charge on any atom is -0.465 e. The molecule has 1 unspecified atom stereocenters. The molecule has 88 valence electrons. The van der Waals surface area contributed by atoms with Crippen molar-refractivity contribution in [3.8, 4) is 0 Å². The molecule has 0 bridgehead atoms. The van der Waals surface area contributed by atoms with E-state index in [-0.39, 0.29) is 23.9 Å². The van der Waals surface area contributed by atoms with Crippen molar-refractivity contribution in [1.82, 2.24) is 0 Å². The molecule has 1 aromatic carbocycles. The van der Waals surface area contributed by atoms with Crippen LogP contribution in [0.4, 0.5) is 4.39 Å². The summed E-state index contributed by atoms with van der Waals surface area (Å²) in [6, 6.07) is 5.71. The number of carbonyl (C=O) groups is 1. The number of halogens is 1. The number of hydrogen-bond donors (Lipinski definition) is 0. The van der Waals surface area contributed by atoms with Gasteiger partial charge in [0, 0.05) is 16.6 Å². The minimum atomic E-state index is -1.31. The molecule has 0 N–H and O–H groups in total. The van der Waals surface area contributed by atoms with Crippen molar-refractivity contribution >= 4 is 16.8 Å². The Labute approximate surface area is 96.1 Å². The van der Waals surface area contributed by atoms with Crippen molar-refractivity contribution in [1.29, 1.82) is 0 Å². The largest absolute Gasteiger partial charge is 0.465 e. The van der Waals surface area contributed by atoms with E-state index in [4.69, 9.17) is 0 Å². The van der Waals surface area contributed by atoms with Crippen LogP contribution in [0.5, 0.6) is 0 Å². The number of carbonyl (C=O) groups excluding carboxylic acids is 1. The predicted molar refractivity (Wildman–Crippen MR) is 59.7 cm³/mol. The summed E-state index contributed by atoms with van der Waals surface area (Å²) < 4.78 is 28.8. The van der Waals surface area contributed by atoms with Crippen molar-refractivity contribution in [2.24, 2.45) is 0 Å². The summed E-state index contributed by atoms with van der Waals surface area (Å²) in [5.41, 5.74) is 0.740. The van der Waals surface area contributed by atoms with Crippen molar-refractivity contribution in [2.75, 3.05) is 12.4 Å². The molecule has 0 aliphatic rings. The molecule has 0 heterocycles. The van der Waals surface area contributed by atoms with E-state index in [1.165, 1.54) is 12.1 Å². The van der Waals surface area contributed by atoms with E-state index >= 15 is 0 Å². The lowest BCUT2D eigenvalue weighted by Gasteiger charge is -2.02. The van der Waals surface area contributed by atoms with Gasteiger partial charge in [-0.05, 0) is 24.6 Å². The normalized spacial score (nSPS) is 12.1. The summed E-state index contributed by atoms with van der Waals surface area (Å²) in [5, 5.41) is 0. The van der Waals surface area contributed by atoms with Gasteiger partial charge in [-0.15, -0.1) is 0 Å². The van der Waals surface area contributed by atoms with Crippen LogP contribution in [0, 0.1) is 5.82 Å². The predicted octanol–water partition coefficient (Wildman–Crippen LogP) is 1.64. The van der Waals surface area contributed by atoms with E-state index in [1.54, 1.807) is 19.1 Å². The van der Waals surface area contributed by atoms with Crippen LogP contribution in [0.25, 0.3) is 0 Å². The van der Waals surface area contributed by atoms with Crippen molar-refractivity contribution in [2.45, 2.75) is 12.7 Å². The van der Waals surface area contributed by atoms with Crippen LogP contribution in [0.15, 0.2) is 24.3 Å². The molecule has 16 heavy (non-hydrogen) atoms. The quantitative estimate of drug-likeness (QED) is 0.739. The Morgan fingerprint density at radius 3 is 2.56 bits per heavy atom. The van der Waals surface area contributed by atoms with Gasteiger partial charge < -0.3 is 4.74 Å². The van der Waals surface area contributed by atoms with E-state index in [0.29, 0.717) is 0 Å². The molecule has 1 aromatic rings. The van der Waals surface area contributed by atoms with E-state index < -0.39 is 16.8 Å². The fourth-order valence-corrected chi connectivity index (χ4v) is 2.16. The lowest BCUT2D eigenvalue weighted by Crippen LogP contribution is -2.15. The lowest BCUT2D eigenvalue weighted by molar-refractivity contribution is -0.139. The SMILES string of the molecule is CCOC(=O)CS(=O)Cc1ccc(F)cc1. The van der Waals surface area contributed by atoms with Gasteiger partial charge >= 0.3 is 5.97 Å². The average molecular weight is 244 g/mol. The molecular weight excluding hydrogens is 231 g/mol. The molecule has 0 saturated carbocycles. The highest BCUT2D eigenvalue weighted by Crippen LogP contribution is 2.06. The molecular formula is C11H13FO3S.